The van der Waals surface area contributed by atoms with Gasteiger partial charge < -0.3 is 9.64 Å². The van der Waals surface area contributed by atoms with Crippen LogP contribution in [0, 0.1) is 5.92 Å². The number of amides is 1. The molecule has 24 heavy (non-hydrogen) atoms. The van der Waals surface area contributed by atoms with Crippen molar-refractivity contribution in [3.05, 3.63) is 47.9 Å². The second-order valence-electron chi connectivity index (χ2n) is 6.16. The second kappa shape index (κ2) is 6.45. The van der Waals surface area contributed by atoms with Crippen molar-refractivity contribution in [2.75, 3.05) is 26.3 Å². The van der Waals surface area contributed by atoms with Crippen molar-refractivity contribution in [3.8, 4) is 0 Å². The molecular formula is C17H19N5O2. The Balaban J connectivity index is 1.48. The Kier molecular flexibility index (Phi) is 4.00. The summed E-state index contributed by atoms with van der Waals surface area (Å²) in [6, 6.07) is 8.00. The van der Waals surface area contributed by atoms with Gasteiger partial charge in [0.15, 0.2) is 0 Å². The molecule has 1 saturated heterocycles. The van der Waals surface area contributed by atoms with E-state index in [1.54, 1.807) is 12.3 Å². The maximum atomic E-state index is 12.5. The number of benzene rings is 1. The van der Waals surface area contributed by atoms with E-state index in [1.165, 1.54) is 5.56 Å². The lowest BCUT2D eigenvalue weighted by Crippen LogP contribution is -2.36. The molecule has 1 aliphatic heterocycles. The Bertz CT molecular complexity index is 827. The van der Waals surface area contributed by atoms with Gasteiger partial charge in [0.25, 0.3) is 5.91 Å². The van der Waals surface area contributed by atoms with Crippen LogP contribution in [0.4, 0.5) is 0 Å². The monoisotopic (exact) mass is 325 g/mol. The van der Waals surface area contributed by atoms with E-state index in [1.807, 2.05) is 17.2 Å². The van der Waals surface area contributed by atoms with Gasteiger partial charge >= 0.3 is 0 Å². The first kappa shape index (κ1) is 14.9. The Morgan fingerprint density at radius 1 is 1.29 bits per heavy atom. The quantitative estimate of drug-likeness (QED) is 0.766. The summed E-state index contributed by atoms with van der Waals surface area (Å²) in [7, 11) is 0. The Labute approximate surface area is 139 Å². The van der Waals surface area contributed by atoms with Crippen LogP contribution in [0.5, 0.6) is 0 Å². The first-order valence-corrected chi connectivity index (χ1v) is 8.08. The number of H-pyrrole nitrogens is 2. The van der Waals surface area contributed by atoms with Gasteiger partial charge in [0.2, 0.25) is 0 Å². The normalized spacial score (nSPS) is 18.7. The van der Waals surface area contributed by atoms with Crippen molar-refractivity contribution in [1.82, 2.24) is 25.3 Å². The van der Waals surface area contributed by atoms with Crippen molar-refractivity contribution in [2.45, 2.75) is 6.42 Å². The molecule has 0 saturated carbocycles. The van der Waals surface area contributed by atoms with Gasteiger partial charge in [-0.05, 0) is 30.2 Å². The zero-order valence-corrected chi connectivity index (χ0v) is 13.2. The first-order chi connectivity index (χ1) is 11.8. The predicted molar refractivity (Wildman–Crippen MR) is 88.6 cm³/mol. The van der Waals surface area contributed by atoms with E-state index in [4.69, 9.17) is 4.74 Å². The number of fused-ring (bicyclic) bond motifs is 1. The smallest absolute Gasteiger partial charge is 0.271 e. The minimum Gasteiger partial charge on any atom is -0.379 e. The van der Waals surface area contributed by atoms with Crippen LogP contribution in [0.2, 0.25) is 0 Å². The van der Waals surface area contributed by atoms with Gasteiger partial charge in [0.05, 0.1) is 24.9 Å². The number of carbonyl (C=O) groups excluding carboxylic acids is 1. The summed E-state index contributed by atoms with van der Waals surface area (Å²) in [6.45, 7) is 2.52. The fraction of sp³-hybridized carbons (Fsp3) is 0.353. The summed E-state index contributed by atoms with van der Waals surface area (Å²) in [6.07, 6.45) is 4.30. The molecule has 1 atom stereocenters. The van der Waals surface area contributed by atoms with Crippen LogP contribution in [0.1, 0.15) is 16.1 Å². The topological polar surface area (TPSA) is 86.9 Å². The molecule has 0 radical (unpaired) electrons. The molecule has 7 nitrogen and oxygen atoms in total. The third-order valence-corrected chi connectivity index (χ3v) is 4.39. The molecule has 1 aliphatic rings. The van der Waals surface area contributed by atoms with Gasteiger partial charge in [-0.3, -0.25) is 15.0 Å². The van der Waals surface area contributed by atoms with Gasteiger partial charge in [-0.15, -0.1) is 0 Å². The van der Waals surface area contributed by atoms with E-state index in [-0.39, 0.29) is 11.8 Å². The molecule has 124 valence electrons. The highest BCUT2D eigenvalue weighted by atomic mass is 16.5. The molecule has 4 rings (SSSR count). The Morgan fingerprint density at radius 3 is 3.12 bits per heavy atom. The molecule has 3 aromatic rings. The summed E-state index contributed by atoms with van der Waals surface area (Å²) >= 11 is 0. The van der Waals surface area contributed by atoms with E-state index >= 15 is 0 Å². The molecule has 2 N–H and O–H groups in total. The number of hydrogen-bond acceptors (Lipinski definition) is 4. The number of nitrogens with zero attached hydrogens (tertiary/aromatic N) is 3. The summed E-state index contributed by atoms with van der Waals surface area (Å²) < 4.78 is 5.71. The van der Waals surface area contributed by atoms with E-state index in [0.29, 0.717) is 32.0 Å². The zero-order chi connectivity index (χ0) is 16.4. The molecule has 7 heteroatoms. The molecule has 1 fully saturated rings. The third-order valence-electron chi connectivity index (χ3n) is 4.39. The molecule has 3 heterocycles. The Hall–Kier alpha value is -2.67. The maximum absolute atomic E-state index is 12.5. The lowest BCUT2D eigenvalue weighted by atomic mass is 9.98. The largest absolute Gasteiger partial charge is 0.379 e. The van der Waals surface area contributed by atoms with Crippen LogP contribution in [0.3, 0.4) is 0 Å². The molecule has 0 spiro atoms. The fourth-order valence-electron chi connectivity index (χ4n) is 3.19. The van der Waals surface area contributed by atoms with Crippen molar-refractivity contribution in [3.63, 3.8) is 0 Å². The number of aromatic amines is 2. The molecule has 2 aromatic heterocycles. The molecule has 0 unspecified atom stereocenters. The lowest BCUT2D eigenvalue weighted by Gasteiger charge is -2.23. The van der Waals surface area contributed by atoms with Gasteiger partial charge in [-0.1, -0.05) is 6.07 Å². The number of nitrogens with one attached hydrogen (secondary N) is 2. The van der Waals surface area contributed by atoms with Crippen molar-refractivity contribution >= 4 is 16.8 Å². The highest BCUT2D eigenvalue weighted by molar-refractivity contribution is 5.92. The maximum Gasteiger partial charge on any atom is 0.271 e. The average Bonchev–Trinajstić information content (AvgIpc) is 3.23. The molecule has 1 aromatic carbocycles. The number of aromatic nitrogens is 4. The van der Waals surface area contributed by atoms with E-state index in [9.17, 15) is 4.79 Å². The summed E-state index contributed by atoms with van der Waals surface area (Å²) in [4.78, 5) is 14.4. The molecule has 0 aliphatic carbocycles. The van der Waals surface area contributed by atoms with Crippen molar-refractivity contribution in [2.24, 2.45) is 5.92 Å². The summed E-state index contributed by atoms with van der Waals surface area (Å²) in [5.74, 6) is 0.247. The van der Waals surface area contributed by atoms with Crippen LogP contribution < -0.4 is 0 Å². The minimum absolute atomic E-state index is 0.0201. The Morgan fingerprint density at radius 2 is 2.25 bits per heavy atom. The number of carbonyl (C=O) groups is 1. The first-order valence-electron chi connectivity index (χ1n) is 8.08. The standard InChI is InChI=1S/C17H19N5O2/c23-17(16-3-4-18-21-16)22-5-6-24-11-13(10-22)7-12-1-2-15-14(8-12)9-19-20-15/h1-4,8-9,13H,5-7,10-11H2,(H,18,21)(H,19,20)/t13-/m1/s1. The zero-order valence-electron chi connectivity index (χ0n) is 13.2. The number of rotatable bonds is 3. The second-order valence-corrected chi connectivity index (χ2v) is 6.16. The molecular weight excluding hydrogens is 306 g/mol. The van der Waals surface area contributed by atoms with Crippen LogP contribution in [-0.2, 0) is 11.2 Å². The lowest BCUT2D eigenvalue weighted by molar-refractivity contribution is 0.0731. The SMILES string of the molecule is O=C(c1ccn[nH]1)N1CCOC[C@H](Cc2ccc3[nH]ncc3c2)C1. The van der Waals surface area contributed by atoms with E-state index < -0.39 is 0 Å². The van der Waals surface area contributed by atoms with Gasteiger partial charge in [-0.25, -0.2) is 0 Å². The third kappa shape index (κ3) is 3.03. The van der Waals surface area contributed by atoms with Crippen LogP contribution in [-0.4, -0.2) is 57.5 Å². The summed E-state index contributed by atoms with van der Waals surface area (Å²) in [5.41, 5.74) is 2.79. The van der Waals surface area contributed by atoms with Crippen LogP contribution in [0.25, 0.3) is 10.9 Å². The number of hydrogen-bond donors (Lipinski definition) is 2. The van der Waals surface area contributed by atoms with Crippen LogP contribution >= 0.6 is 0 Å². The average molecular weight is 325 g/mol. The van der Waals surface area contributed by atoms with Gasteiger partial charge in [0.1, 0.15) is 5.69 Å². The summed E-state index contributed by atoms with van der Waals surface area (Å²) in [5, 5.41) is 14.7. The van der Waals surface area contributed by atoms with Crippen molar-refractivity contribution < 1.29 is 9.53 Å². The van der Waals surface area contributed by atoms with Gasteiger partial charge in [-0.2, -0.15) is 10.2 Å². The predicted octanol–water partition coefficient (Wildman–Crippen LogP) is 1.62. The number of ether oxygens (including phenoxy) is 1. The molecule has 1 amide bonds. The minimum atomic E-state index is -0.0201. The highest BCUT2D eigenvalue weighted by Gasteiger charge is 2.24. The van der Waals surface area contributed by atoms with E-state index in [2.05, 4.69) is 32.5 Å². The molecule has 0 bridgehead atoms. The van der Waals surface area contributed by atoms with E-state index in [0.717, 1.165) is 17.3 Å². The fourth-order valence-corrected chi connectivity index (χ4v) is 3.19. The van der Waals surface area contributed by atoms with Gasteiger partial charge in [0, 0.05) is 30.6 Å². The van der Waals surface area contributed by atoms with Crippen LogP contribution in [0.15, 0.2) is 36.7 Å². The van der Waals surface area contributed by atoms with Crippen molar-refractivity contribution in [1.29, 1.82) is 0 Å². The highest BCUT2D eigenvalue weighted by Crippen LogP contribution is 2.19.